The third-order valence-corrected chi connectivity index (χ3v) is 1.52. The molecule has 15 heavy (non-hydrogen) atoms. The molecule has 0 radical (unpaired) electrons. The molecule has 90 valence electrons. The van der Waals surface area contributed by atoms with Crippen molar-refractivity contribution in [3.8, 4) is 0 Å². The Balaban J connectivity index is 4.91. The molecule has 0 nitrogen and oxygen atoms in total. The standard InChI is InChI=1S/C7H6F8/c1-2-5(10,11)3-6(12,13)7(14,15)4(8)9/h2,4H,1,3H2. The zero-order valence-electron chi connectivity index (χ0n) is 7.09. The number of allylic oxidation sites excluding steroid dienone is 1. The second-order valence-corrected chi connectivity index (χ2v) is 2.77. The van der Waals surface area contributed by atoms with Crippen LogP contribution in [-0.4, -0.2) is 24.2 Å². The molecule has 0 bridgehead atoms. The third-order valence-electron chi connectivity index (χ3n) is 1.52. The van der Waals surface area contributed by atoms with Crippen LogP contribution in [0.5, 0.6) is 0 Å². The second kappa shape index (κ2) is 3.97. The predicted octanol–water partition coefficient (Wildman–Crippen LogP) is 3.73. The number of rotatable bonds is 5. The van der Waals surface area contributed by atoms with Gasteiger partial charge in [0.15, 0.2) is 0 Å². The van der Waals surface area contributed by atoms with Crippen molar-refractivity contribution >= 4 is 0 Å². The molecule has 0 spiro atoms. The van der Waals surface area contributed by atoms with Crippen LogP contribution in [0, 0.1) is 0 Å². The lowest BCUT2D eigenvalue weighted by Crippen LogP contribution is -2.49. The molecule has 0 aliphatic rings. The average Bonchev–Trinajstić information content (AvgIpc) is 2.02. The quantitative estimate of drug-likeness (QED) is 0.509. The molecule has 0 saturated carbocycles. The van der Waals surface area contributed by atoms with E-state index in [1.165, 1.54) is 0 Å². The van der Waals surface area contributed by atoms with Gasteiger partial charge in [0.25, 0.3) is 5.92 Å². The van der Waals surface area contributed by atoms with E-state index in [1.54, 1.807) is 0 Å². The van der Waals surface area contributed by atoms with Crippen LogP contribution in [0.3, 0.4) is 0 Å². The lowest BCUT2D eigenvalue weighted by atomic mass is 10.0. The van der Waals surface area contributed by atoms with Gasteiger partial charge in [0.2, 0.25) is 0 Å². The summed E-state index contributed by atoms with van der Waals surface area (Å²) in [6.45, 7) is 2.43. The minimum atomic E-state index is -5.79. The molecule has 0 amide bonds. The largest absolute Gasteiger partial charge is 0.369 e. The summed E-state index contributed by atoms with van der Waals surface area (Å²) in [5.41, 5.74) is 0. The molecule has 0 rings (SSSR count). The Hall–Kier alpha value is -0.820. The van der Waals surface area contributed by atoms with Crippen LogP contribution in [0.2, 0.25) is 0 Å². The Kier molecular flexibility index (Phi) is 3.76. The van der Waals surface area contributed by atoms with Gasteiger partial charge in [0.1, 0.15) is 0 Å². The van der Waals surface area contributed by atoms with E-state index in [9.17, 15) is 35.1 Å². The Morgan fingerprint density at radius 3 is 1.67 bits per heavy atom. The van der Waals surface area contributed by atoms with Crippen LogP contribution in [-0.2, 0) is 0 Å². The lowest BCUT2D eigenvalue weighted by Gasteiger charge is -2.27. The highest BCUT2D eigenvalue weighted by Crippen LogP contribution is 2.45. The summed E-state index contributed by atoms with van der Waals surface area (Å²) < 4.78 is 96.5. The van der Waals surface area contributed by atoms with Crippen LogP contribution in [0.4, 0.5) is 35.1 Å². The van der Waals surface area contributed by atoms with Crippen LogP contribution in [0.25, 0.3) is 0 Å². The molecule has 0 atom stereocenters. The van der Waals surface area contributed by atoms with Crippen LogP contribution in [0.15, 0.2) is 12.7 Å². The smallest absolute Gasteiger partial charge is 0.203 e. The Morgan fingerprint density at radius 1 is 1.00 bits per heavy atom. The third kappa shape index (κ3) is 3.07. The summed E-state index contributed by atoms with van der Waals surface area (Å²) in [5.74, 6) is -15.6. The summed E-state index contributed by atoms with van der Waals surface area (Å²) in [4.78, 5) is 0. The molecule has 8 heteroatoms. The van der Waals surface area contributed by atoms with Crippen molar-refractivity contribution in [2.24, 2.45) is 0 Å². The molecule has 0 aliphatic carbocycles. The molecule has 0 aliphatic heterocycles. The van der Waals surface area contributed by atoms with E-state index in [2.05, 4.69) is 6.58 Å². The van der Waals surface area contributed by atoms with Crippen molar-refractivity contribution in [2.75, 3.05) is 0 Å². The first-order chi connectivity index (χ1) is 6.46. The zero-order chi connectivity index (χ0) is 12.5. The maximum Gasteiger partial charge on any atom is 0.369 e. The molecule has 0 aromatic rings. The normalized spacial score (nSPS) is 14.5. The topological polar surface area (TPSA) is 0 Å². The van der Waals surface area contributed by atoms with Crippen molar-refractivity contribution in [2.45, 2.75) is 30.6 Å². The van der Waals surface area contributed by atoms with E-state index < -0.39 is 30.6 Å². The highest BCUT2D eigenvalue weighted by Gasteiger charge is 2.65. The first-order valence-electron chi connectivity index (χ1n) is 3.51. The molecule has 0 unspecified atom stereocenters. The first-order valence-corrected chi connectivity index (χ1v) is 3.51. The van der Waals surface area contributed by atoms with E-state index in [0.29, 0.717) is 0 Å². The molecule has 0 N–H and O–H groups in total. The van der Waals surface area contributed by atoms with Crippen molar-refractivity contribution in [1.29, 1.82) is 0 Å². The highest BCUT2D eigenvalue weighted by atomic mass is 19.3. The fourth-order valence-electron chi connectivity index (χ4n) is 0.646. The molecule has 0 aromatic carbocycles. The maximum atomic E-state index is 12.4. The summed E-state index contributed by atoms with van der Waals surface area (Å²) >= 11 is 0. The average molecular weight is 242 g/mol. The first kappa shape index (κ1) is 14.2. The molecule has 0 fully saturated rings. The minimum absolute atomic E-state index is 0.303. The monoisotopic (exact) mass is 242 g/mol. The SMILES string of the molecule is C=CC(F)(F)CC(F)(F)C(F)(F)C(F)F. The van der Waals surface area contributed by atoms with Gasteiger partial charge in [-0.25, -0.2) is 17.6 Å². The van der Waals surface area contributed by atoms with Crippen molar-refractivity contribution < 1.29 is 35.1 Å². The van der Waals surface area contributed by atoms with Gasteiger partial charge >= 0.3 is 18.3 Å². The maximum absolute atomic E-state index is 12.4. The number of hydrogen-bond donors (Lipinski definition) is 0. The van der Waals surface area contributed by atoms with Crippen LogP contribution in [0.1, 0.15) is 6.42 Å². The fourth-order valence-corrected chi connectivity index (χ4v) is 0.646. The van der Waals surface area contributed by atoms with E-state index in [-0.39, 0.29) is 6.08 Å². The van der Waals surface area contributed by atoms with Crippen LogP contribution >= 0.6 is 0 Å². The molecular formula is C7H6F8. The summed E-state index contributed by atoms with van der Waals surface area (Å²) in [6, 6.07) is 0. The van der Waals surface area contributed by atoms with Crippen LogP contribution < -0.4 is 0 Å². The van der Waals surface area contributed by atoms with Gasteiger partial charge < -0.3 is 0 Å². The molecular weight excluding hydrogens is 236 g/mol. The fraction of sp³-hybridized carbons (Fsp3) is 0.714. The Bertz CT molecular complexity index is 231. The summed E-state index contributed by atoms with van der Waals surface area (Å²) in [7, 11) is 0. The van der Waals surface area contributed by atoms with Crippen molar-refractivity contribution in [1.82, 2.24) is 0 Å². The van der Waals surface area contributed by atoms with Gasteiger partial charge in [-0.15, -0.1) is 0 Å². The van der Waals surface area contributed by atoms with Crippen molar-refractivity contribution in [3.05, 3.63) is 12.7 Å². The van der Waals surface area contributed by atoms with E-state index in [1.807, 2.05) is 0 Å². The minimum Gasteiger partial charge on any atom is -0.203 e. The summed E-state index contributed by atoms with van der Waals surface area (Å²) in [6.07, 6.45) is -7.73. The van der Waals surface area contributed by atoms with Gasteiger partial charge in [-0.3, -0.25) is 0 Å². The molecule has 0 aromatic heterocycles. The van der Waals surface area contributed by atoms with Crippen molar-refractivity contribution in [3.63, 3.8) is 0 Å². The van der Waals surface area contributed by atoms with Gasteiger partial charge in [0.05, 0.1) is 6.42 Å². The number of halogens is 8. The predicted molar refractivity (Wildman–Crippen MR) is 35.7 cm³/mol. The Morgan fingerprint density at radius 2 is 1.40 bits per heavy atom. The molecule has 0 heterocycles. The van der Waals surface area contributed by atoms with Gasteiger partial charge in [0, 0.05) is 0 Å². The molecule has 0 saturated heterocycles. The van der Waals surface area contributed by atoms with E-state index in [4.69, 9.17) is 0 Å². The second-order valence-electron chi connectivity index (χ2n) is 2.77. The Labute approximate surface area is 79.6 Å². The number of hydrogen-bond acceptors (Lipinski definition) is 0. The van der Waals surface area contributed by atoms with Gasteiger partial charge in [-0.1, -0.05) is 6.58 Å². The lowest BCUT2D eigenvalue weighted by molar-refractivity contribution is -0.278. The van der Waals surface area contributed by atoms with E-state index >= 15 is 0 Å². The van der Waals surface area contributed by atoms with Gasteiger partial charge in [-0.05, 0) is 6.08 Å². The zero-order valence-corrected chi connectivity index (χ0v) is 7.09. The highest BCUT2D eigenvalue weighted by molar-refractivity contribution is 4.97. The van der Waals surface area contributed by atoms with E-state index in [0.717, 1.165) is 0 Å². The van der Waals surface area contributed by atoms with Gasteiger partial charge in [-0.2, -0.15) is 17.6 Å². The summed E-state index contributed by atoms with van der Waals surface area (Å²) in [5, 5.41) is 0. The number of alkyl halides is 8.